The van der Waals surface area contributed by atoms with Gasteiger partial charge in [-0.15, -0.1) is 11.3 Å². The molecule has 0 atom stereocenters. The van der Waals surface area contributed by atoms with Crippen LogP contribution in [0.1, 0.15) is 0 Å². The lowest BCUT2D eigenvalue weighted by molar-refractivity contribution is 0.663. The van der Waals surface area contributed by atoms with E-state index >= 15 is 0 Å². The molecule has 3 heterocycles. The van der Waals surface area contributed by atoms with Crippen LogP contribution in [0.3, 0.4) is 0 Å². The largest absolute Gasteiger partial charge is 0.456 e. The van der Waals surface area contributed by atoms with Gasteiger partial charge in [0, 0.05) is 47.7 Å². The molecule has 0 amide bonds. The van der Waals surface area contributed by atoms with E-state index in [0.29, 0.717) is 0 Å². The van der Waals surface area contributed by atoms with E-state index in [1.165, 1.54) is 52.8 Å². The Morgan fingerprint density at radius 3 is 1.94 bits per heavy atom. The number of hydrogen-bond acceptors (Lipinski definition) is 4. The zero-order valence-corrected chi connectivity index (χ0v) is 29.7. The van der Waals surface area contributed by atoms with Crippen molar-refractivity contribution in [1.29, 1.82) is 0 Å². The molecule has 252 valence electrons. The van der Waals surface area contributed by atoms with Crippen LogP contribution in [0.15, 0.2) is 185 Å². The zero-order chi connectivity index (χ0) is 35.3. The average Bonchev–Trinajstić information content (AvgIpc) is 3.92. The van der Waals surface area contributed by atoms with Crippen LogP contribution in [0.25, 0.3) is 96.7 Å². The molecule has 12 aromatic rings. The van der Waals surface area contributed by atoms with Crippen LogP contribution in [0, 0.1) is 0 Å². The van der Waals surface area contributed by atoms with E-state index in [-0.39, 0.29) is 0 Å². The summed E-state index contributed by atoms with van der Waals surface area (Å²) in [6, 6.07) is 63.1. The summed E-state index contributed by atoms with van der Waals surface area (Å²) in [6.45, 7) is 0. The number of rotatable bonds is 4. The number of para-hydroxylation sites is 2. The van der Waals surface area contributed by atoms with Gasteiger partial charge in [0.25, 0.3) is 0 Å². The monoisotopic (exact) mass is 707 g/mol. The average molecular weight is 708 g/mol. The minimum absolute atomic E-state index is 0.827. The summed E-state index contributed by atoms with van der Waals surface area (Å²) in [4.78, 5) is 2.35. The zero-order valence-electron chi connectivity index (χ0n) is 28.9. The molecule has 12 rings (SSSR count). The third-order valence-electron chi connectivity index (χ3n) is 11.1. The van der Waals surface area contributed by atoms with E-state index in [0.717, 1.165) is 60.9 Å². The first-order chi connectivity index (χ1) is 26.8. The maximum absolute atomic E-state index is 7.01. The molecule has 0 spiro atoms. The summed E-state index contributed by atoms with van der Waals surface area (Å²) in [6.07, 6.45) is 0. The van der Waals surface area contributed by atoms with Crippen molar-refractivity contribution in [3.63, 3.8) is 0 Å². The summed E-state index contributed by atoms with van der Waals surface area (Å²) < 4.78 is 15.8. The quantitative estimate of drug-likeness (QED) is 0.171. The number of furan rings is 2. The molecule has 3 nitrogen and oxygen atoms in total. The van der Waals surface area contributed by atoms with Gasteiger partial charge >= 0.3 is 0 Å². The number of fused-ring (bicyclic) bond motifs is 13. The molecule has 9 aromatic carbocycles. The molecule has 4 heteroatoms. The van der Waals surface area contributed by atoms with Crippen molar-refractivity contribution in [1.82, 2.24) is 0 Å². The highest BCUT2D eigenvalue weighted by atomic mass is 32.1. The molecule has 0 aliphatic heterocycles. The summed E-state index contributed by atoms with van der Waals surface area (Å²) >= 11 is 1.84. The smallest absolute Gasteiger partial charge is 0.159 e. The van der Waals surface area contributed by atoms with Crippen LogP contribution < -0.4 is 4.90 Å². The lowest BCUT2D eigenvalue weighted by atomic mass is 9.93. The Kier molecular flexibility index (Phi) is 6.21. The SMILES string of the molecule is c1ccc2c(c1)cc(-c1ccc(N(c3ccc4c(c3)sc3ccccc34)c3cccc4c3oc3c4ccc4oc5ccccc5c43)cc1)c1ccccc12. The predicted molar refractivity (Wildman–Crippen MR) is 229 cm³/mol. The highest BCUT2D eigenvalue weighted by molar-refractivity contribution is 7.25. The van der Waals surface area contributed by atoms with Crippen molar-refractivity contribution >= 4 is 114 Å². The van der Waals surface area contributed by atoms with Crippen molar-refractivity contribution < 1.29 is 8.83 Å². The van der Waals surface area contributed by atoms with E-state index in [2.05, 4.69) is 169 Å². The molecule has 0 aliphatic carbocycles. The Morgan fingerprint density at radius 1 is 0.389 bits per heavy atom. The van der Waals surface area contributed by atoms with Gasteiger partial charge in [0.05, 0.1) is 11.1 Å². The van der Waals surface area contributed by atoms with Gasteiger partial charge in [0.15, 0.2) is 5.58 Å². The molecule has 0 aliphatic rings. The lowest BCUT2D eigenvalue weighted by Gasteiger charge is -2.26. The molecular weight excluding hydrogens is 679 g/mol. The third-order valence-corrected chi connectivity index (χ3v) is 12.2. The second kappa shape index (κ2) is 11.3. The van der Waals surface area contributed by atoms with Gasteiger partial charge < -0.3 is 13.7 Å². The van der Waals surface area contributed by atoms with Crippen LogP contribution in [0.4, 0.5) is 17.1 Å². The van der Waals surface area contributed by atoms with Gasteiger partial charge in [-0.2, -0.15) is 0 Å². The van der Waals surface area contributed by atoms with Gasteiger partial charge in [-0.1, -0.05) is 115 Å². The first-order valence-corrected chi connectivity index (χ1v) is 19.1. The minimum Gasteiger partial charge on any atom is -0.456 e. The molecule has 3 aromatic heterocycles. The molecule has 0 radical (unpaired) electrons. The first kappa shape index (κ1) is 29.7. The summed E-state index contributed by atoms with van der Waals surface area (Å²) in [5.74, 6) is 0. The molecular formula is C50H29NO2S. The van der Waals surface area contributed by atoms with E-state index in [4.69, 9.17) is 8.83 Å². The molecule has 0 N–H and O–H groups in total. The highest BCUT2D eigenvalue weighted by Crippen LogP contribution is 2.47. The Labute approximate surface area is 313 Å². The number of thiophene rings is 1. The van der Waals surface area contributed by atoms with Gasteiger partial charge in [-0.25, -0.2) is 0 Å². The van der Waals surface area contributed by atoms with Gasteiger partial charge in [0.2, 0.25) is 0 Å². The van der Waals surface area contributed by atoms with Crippen molar-refractivity contribution in [3.05, 3.63) is 176 Å². The molecule has 0 saturated carbocycles. The van der Waals surface area contributed by atoms with E-state index < -0.39 is 0 Å². The predicted octanol–water partition coefficient (Wildman–Crippen LogP) is 15.3. The fourth-order valence-electron chi connectivity index (χ4n) is 8.59. The number of anilines is 3. The van der Waals surface area contributed by atoms with Crippen molar-refractivity contribution in [2.75, 3.05) is 4.90 Å². The van der Waals surface area contributed by atoms with E-state index in [1.54, 1.807) is 0 Å². The van der Waals surface area contributed by atoms with Crippen LogP contribution in [-0.2, 0) is 0 Å². The van der Waals surface area contributed by atoms with Crippen molar-refractivity contribution in [2.45, 2.75) is 0 Å². The van der Waals surface area contributed by atoms with Gasteiger partial charge in [-0.05, 0) is 93.3 Å². The van der Waals surface area contributed by atoms with Crippen LogP contribution in [0.2, 0.25) is 0 Å². The van der Waals surface area contributed by atoms with E-state index in [1.807, 2.05) is 23.5 Å². The van der Waals surface area contributed by atoms with Gasteiger partial charge in [-0.3, -0.25) is 0 Å². The Morgan fingerprint density at radius 2 is 1.06 bits per heavy atom. The fraction of sp³-hybridized carbons (Fsp3) is 0. The van der Waals surface area contributed by atoms with E-state index in [9.17, 15) is 0 Å². The summed E-state index contributed by atoms with van der Waals surface area (Å²) in [5, 5.41) is 11.8. The second-order valence-corrected chi connectivity index (χ2v) is 15.1. The van der Waals surface area contributed by atoms with Crippen LogP contribution >= 0.6 is 11.3 Å². The number of nitrogens with zero attached hydrogens (tertiary/aromatic N) is 1. The minimum atomic E-state index is 0.827. The standard InChI is InChI=1S/C50H29NO2S/c1-2-11-34-31(10-1)28-42(36-13-4-3-12-35(34)36)30-20-22-32(23-21-30)51(33-24-25-38-37-14-6-8-19-46(37)54-47(38)29-33)43-17-9-16-39-40-26-27-45-48(50(40)53-49(39)43)41-15-5-7-18-44(41)52-45/h1-29H. The Hall–Kier alpha value is -6.88. The normalized spacial score (nSPS) is 12.1. The van der Waals surface area contributed by atoms with Crippen LogP contribution in [0.5, 0.6) is 0 Å². The Bertz CT molecular complexity index is 3460. The molecule has 54 heavy (non-hydrogen) atoms. The third kappa shape index (κ3) is 4.29. The van der Waals surface area contributed by atoms with Crippen LogP contribution in [-0.4, -0.2) is 0 Å². The molecule has 0 unspecified atom stereocenters. The molecule has 0 saturated heterocycles. The summed E-state index contributed by atoms with van der Waals surface area (Å²) in [7, 11) is 0. The fourth-order valence-corrected chi connectivity index (χ4v) is 9.73. The topological polar surface area (TPSA) is 29.5 Å². The first-order valence-electron chi connectivity index (χ1n) is 18.2. The molecule has 0 fully saturated rings. The Balaban J connectivity index is 1.09. The second-order valence-electron chi connectivity index (χ2n) is 14.0. The number of hydrogen-bond donors (Lipinski definition) is 0. The number of benzene rings is 9. The summed E-state index contributed by atoms with van der Waals surface area (Å²) in [5.41, 5.74) is 8.88. The highest BCUT2D eigenvalue weighted by Gasteiger charge is 2.23. The lowest BCUT2D eigenvalue weighted by Crippen LogP contribution is -2.10. The maximum atomic E-state index is 7.01. The van der Waals surface area contributed by atoms with Crippen molar-refractivity contribution in [3.8, 4) is 11.1 Å². The molecule has 0 bridgehead atoms. The van der Waals surface area contributed by atoms with Crippen molar-refractivity contribution in [2.24, 2.45) is 0 Å². The van der Waals surface area contributed by atoms with Gasteiger partial charge in [0.1, 0.15) is 16.7 Å². The maximum Gasteiger partial charge on any atom is 0.159 e.